The Bertz CT molecular complexity index is 540. The van der Waals surface area contributed by atoms with Crippen molar-refractivity contribution in [2.24, 2.45) is 0 Å². The molecule has 0 unspecified atom stereocenters. The zero-order chi connectivity index (χ0) is 14.9. The standard InChI is InChI=1S/C18H22N2O/c1-20(17-10-6-3-7-11-17)18(21)13-15-19-14-12-16-8-4-2-5-9-16/h2-11,19H,12-15H2,1H3. The fourth-order valence-electron chi connectivity index (χ4n) is 2.16. The minimum Gasteiger partial charge on any atom is -0.316 e. The molecule has 0 fully saturated rings. The van der Waals surface area contributed by atoms with Crippen molar-refractivity contribution in [1.82, 2.24) is 5.32 Å². The van der Waals surface area contributed by atoms with Gasteiger partial charge in [0, 0.05) is 25.7 Å². The molecule has 2 rings (SSSR count). The van der Waals surface area contributed by atoms with Gasteiger partial charge in [-0.15, -0.1) is 0 Å². The molecule has 1 N–H and O–H groups in total. The maximum Gasteiger partial charge on any atom is 0.227 e. The number of nitrogens with one attached hydrogen (secondary N) is 1. The molecule has 0 atom stereocenters. The molecular formula is C18H22N2O. The first kappa shape index (κ1) is 15.3. The van der Waals surface area contributed by atoms with Crippen LogP contribution in [0.15, 0.2) is 60.7 Å². The van der Waals surface area contributed by atoms with Gasteiger partial charge < -0.3 is 10.2 Å². The van der Waals surface area contributed by atoms with Gasteiger partial charge in [0.25, 0.3) is 0 Å². The highest BCUT2D eigenvalue weighted by molar-refractivity contribution is 5.92. The van der Waals surface area contributed by atoms with Crippen LogP contribution in [0.2, 0.25) is 0 Å². The van der Waals surface area contributed by atoms with Gasteiger partial charge in [-0.05, 0) is 30.7 Å². The summed E-state index contributed by atoms with van der Waals surface area (Å²) in [7, 11) is 1.82. The van der Waals surface area contributed by atoms with Crippen LogP contribution >= 0.6 is 0 Å². The van der Waals surface area contributed by atoms with E-state index in [0.29, 0.717) is 13.0 Å². The quantitative estimate of drug-likeness (QED) is 0.792. The summed E-state index contributed by atoms with van der Waals surface area (Å²) in [5.41, 5.74) is 2.25. The lowest BCUT2D eigenvalue weighted by Gasteiger charge is -2.17. The fourth-order valence-corrected chi connectivity index (χ4v) is 2.16. The molecule has 3 heteroatoms. The zero-order valence-corrected chi connectivity index (χ0v) is 12.5. The van der Waals surface area contributed by atoms with Gasteiger partial charge in [-0.1, -0.05) is 48.5 Å². The van der Waals surface area contributed by atoms with Gasteiger partial charge in [-0.3, -0.25) is 4.79 Å². The third-order valence-electron chi connectivity index (χ3n) is 3.47. The molecule has 2 aromatic carbocycles. The average molecular weight is 282 g/mol. The number of carbonyl (C=O) groups is 1. The van der Waals surface area contributed by atoms with Crippen LogP contribution in [0.25, 0.3) is 0 Å². The molecule has 0 aliphatic carbocycles. The molecule has 0 spiro atoms. The normalized spacial score (nSPS) is 10.3. The number of anilines is 1. The molecule has 21 heavy (non-hydrogen) atoms. The summed E-state index contributed by atoms with van der Waals surface area (Å²) in [5, 5.41) is 3.32. The van der Waals surface area contributed by atoms with Crippen LogP contribution in [0, 0.1) is 0 Å². The molecular weight excluding hydrogens is 260 g/mol. The molecule has 110 valence electrons. The van der Waals surface area contributed by atoms with Crippen molar-refractivity contribution >= 4 is 11.6 Å². The molecule has 2 aromatic rings. The number of benzene rings is 2. The van der Waals surface area contributed by atoms with Gasteiger partial charge in [0.2, 0.25) is 5.91 Å². The fraction of sp³-hybridized carbons (Fsp3) is 0.278. The number of para-hydroxylation sites is 1. The molecule has 0 aromatic heterocycles. The molecule has 0 aliphatic rings. The van der Waals surface area contributed by atoms with Crippen LogP contribution in [0.3, 0.4) is 0 Å². The summed E-state index contributed by atoms with van der Waals surface area (Å²) < 4.78 is 0. The smallest absolute Gasteiger partial charge is 0.227 e. The lowest BCUT2D eigenvalue weighted by atomic mass is 10.1. The Morgan fingerprint density at radius 2 is 1.57 bits per heavy atom. The molecule has 1 amide bonds. The van der Waals surface area contributed by atoms with E-state index in [9.17, 15) is 4.79 Å². The van der Waals surface area contributed by atoms with Gasteiger partial charge in [0.05, 0.1) is 0 Å². The van der Waals surface area contributed by atoms with E-state index in [4.69, 9.17) is 0 Å². The maximum absolute atomic E-state index is 12.1. The lowest BCUT2D eigenvalue weighted by Crippen LogP contribution is -2.30. The van der Waals surface area contributed by atoms with E-state index in [1.807, 2.05) is 55.6 Å². The number of amides is 1. The van der Waals surface area contributed by atoms with E-state index in [1.165, 1.54) is 5.56 Å². The summed E-state index contributed by atoms with van der Waals surface area (Å²) in [6.45, 7) is 1.61. The molecule has 0 bridgehead atoms. The Hall–Kier alpha value is -2.13. The first-order valence-electron chi connectivity index (χ1n) is 7.33. The minimum absolute atomic E-state index is 0.133. The predicted octanol–water partition coefficient (Wildman–Crippen LogP) is 2.87. The second-order valence-electron chi connectivity index (χ2n) is 5.02. The SMILES string of the molecule is CN(C(=O)CCNCCc1ccccc1)c1ccccc1. The molecule has 0 heterocycles. The first-order chi connectivity index (χ1) is 10.3. The Morgan fingerprint density at radius 1 is 0.952 bits per heavy atom. The monoisotopic (exact) mass is 282 g/mol. The van der Waals surface area contributed by atoms with Crippen LogP contribution < -0.4 is 10.2 Å². The zero-order valence-electron chi connectivity index (χ0n) is 12.5. The third-order valence-corrected chi connectivity index (χ3v) is 3.47. The maximum atomic E-state index is 12.1. The Kier molecular flexibility index (Phi) is 5.98. The van der Waals surface area contributed by atoms with E-state index >= 15 is 0 Å². The predicted molar refractivity (Wildman–Crippen MR) is 87.5 cm³/mol. The summed E-state index contributed by atoms with van der Waals surface area (Å²) in [6.07, 6.45) is 1.50. The van der Waals surface area contributed by atoms with E-state index in [-0.39, 0.29) is 5.91 Å². The van der Waals surface area contributed by atoms with Crippen molar-refractivity contribution in [3.8, 4) is 0 Å². The summed E-state index contributed by atoms with van der Waals surface area (Å²) in [6, 6.07) is 20.1. The van der Waals surface area contributed by atoms with E-state index in [0.717, 1.165) is 18.7 Å². The summed E-state index contributed by atoms with van der Waals surface area (Å²) >= 11 is 0. The van der Waals surface area contributed by atoms with Crippen LogP contribution in [-0.4, -0.2) is 26.0 Å². The molecule has 0 radical (unpaired) electrons. The topological polar surface area (TPSA) is 32.3 Å². The highest BCUT2D eigenvalue weighted by Gasteiger charge is 2.09. The van der Waals surface area contributed by atoms with E-state index in [1.54, 1.807) is 4.90 Å². The van der Waals surface area contributed by atoms with Crippen molar-refractivity contribution in [2.45, 2.75) is 12.8 Å². The molecule has 0 saturated carbocycles. The van der Waals surface area contributed by atoms with Crippen molar-refractivity contribution in [1.29, 1.82) is 0 Å². The Labute approximate surface area is 126 Å². The number of carbonyl (C=O) groups excluding carboxylic acids is 1. The second kappa shape index (κ2) is 8.22. The molecule has 0 aliphatic heterocycles. The van der Waals surface area contributed by atoms with Crippen LogP contribution in [0.4, 0.5) is 5.69 Å². The second-order valence-corrected chi connectivity index (χ2v) is 5.02. The van der Waals surface area contributed by atoms with E-state index in [2.05, 4.69) is 17.4 Å². The Balaban J connectivity index is 1.65. The van der Waals surface area contributed by atoms with Crippen molar-refractivity contribution in [3.05, 3.63) is 66.2 Å². The van der Waals surface area contributed by atoms with Gasteiger partial charge in [0.15, 0.2) is 0 Å². The van der Waals surface area contributed by atoms with Crippen LogP contribution in [-0.2, 0) is 11.2 Å². The van der Waals surface area contributed by atoms with Crippen LogP contribution in [0.5, 0.6) is 0 Å². The number of rotatable bonds is 7. The van der Waals surface area contributed by atoms with Gasteiger partial charge in [-0.2, -0.15) is 0 Å². The summed E-state index contributed by atoms with van der Waals surface area (Å²) in [4.78, 5) is 13.8. The minimum atomic E-state index is 0.133. The van der Waals surface area contributed by atoms with Gasteiger partial charge >= 0.3 is 0 Å². The van der Waals surface area contributed by atoms with Crippen LogP contribution in [0.1, 0.15) is 12.0 Å². The summed E-state index contributed by atoms with van der Waals surface area (Å²) in [5.74, 6) is 0.133. The highest BCUT2D eigenvalue weighted by Crippen LogP contribution is 2.11. The number of hydrogen-bond donors (Lipinski definition) is 1. The Morgan fingerprint density at radius 3 is 2.24 bits per heavy atom. The average Bonchev–Trinajstić information content (AvgIpc) is 2.55. The lowest BCUT2D eigenvalue weighted by molar-refractivity contribution is -0.118. The highest BCUT2D eigenvalue weighted by atomic mass is 16.2. The van der Waals surface area contributed by atoms with Crippen molar-refractivity contribution < 1.29 is 4.79 Å². The van der Waals surface area contributed by atoms with Crippen molar-refractivity contribution in [2.75, 3.05) is 25.0 Å². The number of nitrogens with zero attached hydrogens (tertiary/aromatic N) is 1. The molecule has 0 saturated heterocycles. The first-order valence-corrected chi connectivity index (χ1v) is 7.33. The largest absolute Gasteiger partial charge is 0.316 e. The van der Waals surface area contributed by atoms with Gasteiger partial charge in [0.1, 0.15) is 0 Å². The van der Waals surface area contributed by atoms with Crippen molar-refractivity contribution in [3.63, 3.8) is 0 Å². The molecule has 3 nitrogen and oxygen atoms in total. The van der Waals surface area contributed by atoms with E-state index < -0.39 is 0 Å². The van der Waals surface area contributed by atoms with Gasteiger partial charge in [-0.25, -0.2) is 0 Å². The third kappa shape index (κ3) is 5.04. The number of hydrogen-bond acceptors (Lipinski definition) is 2.